The predicted molar refractivity (Wildman–Crippen MR) is 80.0 cm³/mol. The fourth-order valence-electron chi connectivity index (χ4n) is 1.99. The maximum Gasteiger partial charge on any atom is 0.238 e. The van der Waals surface area contributed by atoms with Gasteiger partial charge in [0, 0.05) is 5.69 Å². The zero-order valence-electron chi connectivity index (χ0n) is 12.0. The van der Waals surface area contributed by atoms with E-state index in [-0.39, 0.29) is 0 Å². The van der Waals surface area contributed by atoms with Crippen molar-refractivity contribution in [3.05, 3.63) is 47.2 Å². The summed E-state index contributed by atoms with van der Waals surface area (Å²) in [7, 11) is 0. The number of hydrogen-bond donors (Lipinski definition) is 0. The highest BCUT2D eigenvalue weighted by molar-refractivity contribution is 7.98. The van der Waals surface area contributed by atoms with Gasteiger partial charge in [-0.2, -0.15) is 10.2 Å². The number of nitrogens with zero attached hydrogens (tertiary/aromatic N) is 4. The molecule has 0 aliphatic heterocycles. The van der Waals surface area contributed by atoms with E-state index in [2.05, 4.69) is 21.2 Å². The maximum atomic E-state index is 9.25. The summed E-state index contributed by atoms with van der Waals surface area (Å²) in [4.78, 5) is 8.67. The van der Waals surface area contributed by atoms with Gasteiger partial charge in [-0.25, -0.2) is 4.98 Å². The fraction of sp³-hybridized carbons (Fsp3) is 0.200. The standard InChI is InChI=1S/C15H12N4O2S/c1-9-6-10(2)17-15(11(9)7-16)22-8-13-18-14(19-21-13)12-4-3-5-20-12/h3-6H,8H2,1-2H3. The molecule has 0 fully saturated rings. The van der Waals surface area contributed by atoms with Gasteiger partial charge in [-0.3, -0.25) is 0 Å². The first-order valence-corrected chi connectivity index (χ1v) is 7.53. The summed E-state index contributed by atoms with van der Waals surface area (Å²) in [5.41, 5.74) is 2.38. The molecule has 7 heteroatoms. The molecule has 0 aliphatic carbocycles. The lowest BCUT2D eigenvalue weighted by molar-refractivity contribution is 0.390. The van der Waals surface area contributed by atoms with E-state index in [4.69, 9.17) is 8.94 Å². The molecule has 0 aliphatic rings. The van der Waals surface area contributed by atoms with E-state index in [1.54, 1.807) is 18.4 Å². The van der Waals surface area contributed by atoms with Crippen LogP contribution in [-0.4, -0.2) is 15.1 Å². The first kappa shape index (κ1) is 14.4. The zero-order chi connectivity index (χ0) is 15.5. The van der Waals surface area contributed by atoms with E-state index in [0.717, 1.165) is 11.3 Å². The van der Waals surface area contributed by atoms with Gasteiger partial charge in [0.1, 0.15) is 11.1 Å². The molecule has 22 heavy (non-hydrogen) atoms. The van der Waals surface area contributed by atoms with Gasteiger partial charge in [0.05, 0.1) is 17.6 Å². The van der Waals surface area contributed by atoms with Gasteiger partial charge in [0.2, 0.25) is 11.7 Å². The van der Waals surface area contributed by atoms with Crippen molar-refractivity contribution in [3.8, 4) is 17.7 Å². The van der Waals surface area contributed by atoms with Crippen molar-refractivity contribution >= 4 is 11.8 Å². The van der Waals surface area contributed by atoms with Crippen molar-refractivity contribution in [1.29, 1.82) is 5.26 Å². The number of furan rings is 1. The Hall–Kier alpha value is -2.59. The molecule has 6 nitrogen and oxygen atoms in total. The van der Waals surface area contributed by atoms with E-state index < -0.39 is 0 Å². The van der Waals surface area contributed by atoms with Gasteiger partial charge in [0.25, 0.3) is 0 Å². The van der Waals surface area contributed by atoms with Crippen LogP contribution in [0.1, 0.15) is 22.7 Å². The molecule has 0 amide bonds. The molecule has 0 saturated heterocycles. The Labute approximate surface area is 131 Å². The SMILES string of the molecule is Cc1cc(C)c(C#N)c(SCc2nc(-c3ccco3)no2)n1. The van der Waals surface area contributed by atoms with E-state index in [9.17, 15) is 5.26 Å². The average Bonchev–Trinajstić information content (AvgIpc) is 3.15. The topological polar surface area (TPSA) is 88.7 Å². The third-order valence-corrected chi connectivity index (χ3v) is 3.93. The highest BCUT2D eigenvalue weighted by atomic mass is 32.2. The van der Waals surface area contributed by atoms with Crippen LogP contribution in [0.2, 0.25) is 0 Å². The number of pyridine rings is 1. The van der Waals surface area contributed by atoms with Crippen molar-refractivity contribution in [2.75, 3.05) is 0 Å². The van der Waals surface area contributed by atoms with Crippen molar-refractivity contribution in [2.45, 2.75) is 24.6 Å². The minimum atomic E-state index is 0.412. The first-order valence-electron chi connectivity index (χ1n) is 6.55. The number of thioether (sulfide) groups is 1. The monoisotopic (exact) mass is 312 g/mol. The van der Waals surface area contributed by atoms with E-state index in [0.29, 0.717) is 33.8 Å². The van der Waals surface area contributed by atoms with Gasteiger partial charge in [-0.15, -0.1) is 0 Å². The lowest BCUT2D eigenvalue weighted by atomic mass is 10.1. The van der Waals surface area contributed by atoms with Crippen LogP contribution >= 0.6 is 11.8 Å². The summed E-state index contributed by atoms with van der Waals surface area (Å²) in [5, 5.41) is 13.8. The molecule has 0 atom stereocenters. The molecule has 0 aromatic carbocycles. The molecule has 3 aromatic heterocycles. The zero-order valence-corrected chi connectivity index (χ0v) is 12.8. The van der Waals surface area contributed by atoms with Crippen LogP contribution < -0.4 is 0 Å². The highest BCUT2D eigenvalue weighted by Crippen LogP contribution is 2.27. The van der Waals surface area contributed by atoms with Crippen LogP contribution in [0, 0.1) is 25.2 Å². The van der Waals surface area contributed by atoms with Gasteiger partial charge in [0.15, 0.2) is 5.76 Å². The van der Waals surface area contributed by atoms with Gasteiger partial charge < -0.3 is 8.94 Å². The maximum absolute atomic E-state index is 9.25. The number of hydrogen-bond acceptors (Lipinski definition) is 7. The second-order valence-electron chi connectivity index (χ2n) is 4.65. The first-order chi connectivity index (χ1) is 10.7. The molecule has 3 rings (SSSR count). The van der Waals surface area contributed by atoms with Crippen molar-refractivity contribution in [3.63, 3.8) is 0 Å². The molecular weight excluding hydrogens is 300 g/mol. The highest BCUT2D eigenvalue weighted by Gasteiger charge is 2.14. The molecule has 3 heterocycles. The van der Waals surface area contributed by atoms with Crippen LogP contribution in [0.25, 0.3) is 11.6 Å². The average molecular weight is 312 g/mol. The molecule has 0 unspecified atom stereocenters. The molecule has 0 saturated carbocycles. The smallest absolute Gasteiger partial charge is 0.238 e. The lowest BCUT2D eigenvalue weighted by Gasteiger charge is -2.05. The normalized spacial score (nSPS) is 10.6. The number of rotatable bonds is 4. The van der Waals surface area contributed by atoms with Crippen molar-refractivity contribution in [2.24, 2.45) is 0 Å². The summed E-state index contributed by atoms with van der Waals surface area (Å²) in [6.07, 6.45) is 1.55. The molecule has 3 aromatic rings. The van der Waals surface area contributed by atoms with Crippen LogP contribution in [0.15, 0.2) is 38.4 Å². The summed E-state index contributed by atoms with van der Waals surface area (Å²) in [6.45, 7) is 3.80. The molecule has 0 spiro atoms. The van der Waals surface area contributed by atoms with Crippen LogP contribution in [0.5, 0.6) is 0 Å². The molecule has 0 bridgehead atoms. The van der Waals surface area contributed by atoms with Gasteiger partial charge >= 0.3 is 0 Å². The largest absolute Gasteiger partial charge is 0.461 e. The molecule has 0 radical (unpaired) electrons. The number of nitriles is 1. The van der Waals surface area contributed by atoms with Gasteiger partial charge in [-0.05, 0) is 37.6 Å². The Morgan fingerprint density at radius 2 is 2.18 bits per heavy atom. The third-order valence-electron chi connectivity index (χ3n) is 2.97. The number of aryl methyl sites for hydroxylation is 2. The van der Waals surface area contributed by atoms with Crippen LogP contribution in [0.3, 0.4) is 0 Å². The summed E-state index contributed by atoms with van der Waals surface area (Å²) in [5.74, 6) is 1.87. The van der Waals surface area contributed by atoms with Crippen LogP contribution in [-0.2, 0) is 5.75 Å². The van der Waals surface area contributed by atoms with E-state index >= 15 is 0 Å². The lowest BCUT2D eigenvalue weighted by Crippen LogP contribution is -1.94. The Morgan fingerprint density at radius 1 is 1.32 bits per heavy atom. The van der Waals surface area contributed by atoms with Gasteiger partial charge in [-0.1, -0.05) is 16.9 Å². The third kappa shape index (κ3) is 2.87. The Balaban J connectivity index is 1.78. The summed E-state index contributed by atoms with van der Waals surface area (Å²) < 4.78 is 10.4. The second kappa shape index (κ2) is 6.03. The van der Waals surface area contributed by atoms with E-state index in [1.165, 1.54) is 11.8 Å². The Morgan fingerprint density at radius 3 is 2.91 bits per heavy atom. The molecule has 110 valence electrons. The van der Waals surface area contributed by atoms with E-state index in [1.807, 2.05) is 19.9 Å². The minimum absolute atomic E-state index is 0.412. The quantitative estimate of drug-likeness (QED) is 0.681. The molecular formula is C15H12N4O2S. The summed E-state index contributed by atoms with van der Waals surface area (Å²) in [6, 6.07) is 7.61. The Bertz CT molecular complexity index is 834. The summed E-state index contributed by atoms with van der Waals surface area (Å²) >= 11 is 1.40. The predicted octanol–water partition coefficient (Wildman–Crippen LogP) is 3.51. The van der Waals surface area contributed by atoms with Crippen LogP contribution in [0.4, 0.5) is 0 Å². The number of aromatic nitrogens is 3. The fourth-order valence-corrected chi connectivity index (χ4v) is 2.93. The second-order valence-corrected chi connectivity index (χ2v) is 5.61. The molecule has 0 N–H and O–H groups in total. The minimum Gasteiger partial charge on any atom is -0.461 e. The van der Waals surface area contributed by atoms with Crippen molar-refractivity contribution < 1.29 is 8.94 Å². The Kier molecular flexibility index (Phi) is 3.94. The van der Waals surface area contributed by atoms with Crippen molar-refractivity contribution in [1.82, 2.24) is 15.1 Å².